The van der Waals surface area contributed by atoms with E-state index in [2.05, 4.69) is 10.1 Å². The molecule has 0 spiro atoms. The van der Waals surface area contributed by atoms with E-state index in [1.54, 1.807) is 0 Å². The number of para-hydroxylation sites is 1. The molecule has 2 rings (SSSR count). The van der Waals surface area contributed by atoms with Gasteiger partial charge in [-0.15, -0.1) is 4.68 Å². The van der Waals surface area contributed by atoms with Gasteiger partial charge in [-0.2, -0.15) is 0 Å². The van der Waals surface area contributed by atoms with E-state index in [0.29, 0.717) is 4.68 Å². The zero-order valence-corrected chi connectivity index (χ0v) is 9.53. The summed E-state index contributed by atoms with van der Waals surface area (Å²) in [4.78, 5) is 34.1. The molecule has 2 aromatic rings. The summed E-state index contributed by atoms with van der Waals surface area (Å²) in [6.45, 7) is 0. The van der Waals surface area contributed by atoms with Crippen molar-refractivity contribution in [3.8, 4) is 5.69 Å². The Balaban J connectivity index is 2.72. The molecule has 1 aromatic carbocycles. The van der Waals surface area contributed by atoms with Crippen molar-refractivity contribution >= 4 is 17.6 Å². The van der Waals surface area contributed by atoms with Crippen molar-refractivity contribution in [3.63, 3.8) is 0 Å². The zero-order valence-electron chi connectivity index (χ0n) is 9.53. The summed E-state index contributed by atoms with van der Waals surface area (Å²) in [7, 11) is 0. The molecule has 11 nitrogen and oxygen atoms in total. The number of nitro groups is 2. The Bertz CT molecular complexity index is 691. The lowest BCUT2D eigenvalue weighted by atomic mass is 10.1. The summed E-state index contributed by atoms with van der Waals surface area (Å²) in [6, 6.07) is 3.38. The Morgan fingerprint density at radius 2 is 1.95 bits per heavy atom. The third-order valence-electron chi connectivity index (χ3n) is 2.31. The Morgan fingerprint density at radius 1 is 1.25 bits per heavy atom. The maximum absolute atomic E-state index is 11.1. The van der Waals surface area contributed by atoms with Gasteiger partial charge in [-0.1, -0.05) is 11.1 Å². The second kappa shape index (κ2) is 4.72. The fraction of sp³-hybridized carbons (Fsp3) is 0. The first-order valence-corrected chi connectivity index (χ1v) is 4.99. The number of hydrogen-bond donors (Lipinski definition) is 1. The normalized spacial score (nSPS) is 10.2. The number of carboxylic acid groups (broad SMARTS) is 1. The third kappa shape index (κ3) is 2.14. The molecule has 0 saturated carbocycles. The maximum atomic E-state index is 11.1. The lowest BCUT2D eigenvalue weighted by molar-refractivity contribution is -0.394. The van der Waals surface area contributed by atoms with Crippen LogP contribution in [0.15, 0.2) is 24.5 Å². The summed E-state index contributed by atoms with van der Waals surface area (Å²) in [5.41, 5.74) is -1.37. The van der Waals surface area contributed by atoms with Crippen LogP contribution in [0.4, 0.5) is 11.6 Å². The average Bonchev–Trinajstić information content (AvgIpc) is 2.87. The van der Waals surface area contributed by atoms with Gasteiger partial charge in [0.1, 0.15) is 0 Å². The Hall–Kier alpha value is -3.37. The molecule has 0 aliphatic heterocycles. The van der Waals surface area contributed by atoms with Crippen LogP contribution in [0.5, 0.6) is 0 Å². The fourth-order valence-electron chi connectivity index (χ4n) is 1.54. The van der Waals surface area contributed by atoms with Crippen LogP contribution in [0.25, 0.3) is 5.69 Å². The highest BCUT2D eigenvalue weighted by atomic mass is 16.6. The topological polar surface area (TPSA) is 154 Å². The number of benzene rings is 1. The quantitative estimate of drug-likeness (QED) is 0.635. The molecule has 0 unspecified atom stereocenters. The van der Waals surface area contributed by atoms with Gasteiger partial charge in [-0.25, -0.2) is 4.79 Å². The van der Waals surface area contributed by atoms with Crippen molar-refractivity contribution in [3.05, 3.63) is 50.3 Å². The molecule has 0 fully saturated rings. The number of nitro benzene ring substituents is 1. The summed E-state index contributed by atoms with van der Waals surface area (Å²) < 4.78 is 0.694. The first-order valence-electron chi connectivity index (χ1n) is 4.99. The SMILES string of the molecule is O=C(O)c1cccc([N+](=O)[O-])c1-n1cnc([N+](=O)[O-])n1. The van der Waals surface area contributed by atoms with Gasteiger partial charge in [0.25, 0.3) is 5.69 Å². The monoisotopic (exact) mass is 279 g/mol. The summed E-state index contributed by atoms with van der Waals surface area (Å²) in [6.07, 6.45) is 0.840. The van der Waals surface area contributed by atoms with Gasteiger partial charge in [0.15, 0.2) is 5.69 Å². The van der Waals surface area contributed by atoms with Crippen molar-refractivity contribution in [2.75, 3.05) is 0 Å². The van der Waals surface area contributed by atoms with E-state index in [9.17, 15) is 25.0 Å². The highest BCUT2D eigenvalue weighted by Crippen LogP contribution is 2.26. The molecule has 0 amide bonds. The molecule has 0 aliphatic rings. The number of aromatic carboxylic acids is 1. The molecular weight excluding hydrogens is 274 g/mol. The smallest absolute Gasteiger partial charge is 0.478 e. The number of aromatic nitrogens is 3. The maximum Gasteiger partial charge on any atom is 0.491 e. The first kappa shape index (κ1) is 13.1. The molecule has 102 valence electrons. The van der Waals surface area contributed by atoms with Crippen molar-refractivity contribution in [2.24, 2.45) is 0 Å². The highest BCUT2D eigenvalue weighted by molar-refractivity contribution is 5.93. The number of rotatable bonds is 4. The van der Waals surface area contributed by atoms with Gasteiger partial charge in [0.2, 0.25) is 6.33 Å². The predicted molar refractivity (Wildman–Crippen MR) is 61.6 cm³/mol. The molecule has 0 saturated heterocycles. The summed E-state index contributed by atoms with van der Waals surface area (Å²) in [5, 5.41) is 33.9. The predicted octanol–water partition coefficient (Wildman–Crippen LogP) is 0.782. The van der Waals surface area contributed by atoms with Crippen molar-refractivity contribution in [1.82, 2.24) is 14.8 Å². The van der Waals surface area contributed by atoms with Crippen LogP contribution in [0.3, 0.4) is 0 Å². The fourth-order valence-corrected chi connectivity index (χ4v) is 1.54. The van der Waals surface area contributed by atoms with Crippen LogP contribution in [0, 0.1) is 20.2 Å². The largest absolute Gasteiger partial charge is 0.491 e. The lowest BCUT2D eigenvalue weighted by Crippen LogP contribution is -2.09. The number of nitrogens with zero attached hydrogens (tertiary/aromatic N) is 5. The van der Waals surface area contributed by atoms with Crippen LogP contribution in [-0.4, -0.2) is 35.7 Å². The number of carbonyl (C=O) groups is 1. The van der Waals surface area contributed by atoms with E-state index in [1.807, 2.05) is 0 Å². The Kier molecular flexibility index (Phi) is 3.08. The Labute approximate surface area is 109 Å². The van der Waals surface area contributed by atoms with E-state index >= 15 is 0 Å². The van der Waals surface area contributed by atoms with E-state index in [-0.39, 0.29) is 0 Å². The van der Waals surface area contributed by atoms with E-state index < -0.39 is 38.7 Å². The molecule has 0 radical (unpaired) electrons. The second-order valence-electron chi connectivity index (χ2n) is 3.48. The highest BCUT2D eigenvalue weighted by Gasteiger charge is 2.27. The molecule has 1 heterocycles. The summed E-state index contributed by atoms with van der Waals surface area (Å²) in [5.74, 6) is -2.22. The molecule has 0 aliphatic carbocycles. The lowest BCUT2D eigenvalue weighted by Gasteiger charge is -2.03. The van der Waals surface area contributed by atoms with Gasteiger partial charge in [0.05, 0.1) is 10.5 Å². The number of carboxylic acids is 1. The van der Waals surface area contributed by atoms with Crippen LogP contribution >= 0.6 is 0 Å². The number of hydrogen-bond acceptors (Lipinski definition) is 7. The second-order valence-corrected chi connectivity index (χ2v) is 3.48. The molecule has 11 heteroatoms. The van der Waals surface area contributed by atoms with Gasteiger partial charge >= 0.3 is 11.9 Å². The van der Waals surface area contributed by atoms with E-state index in [0.717, 1.165) is 18.5 Å². The standard InChI is InChI=1S/C9H5N5O6/c15-8(16)5-2-1-3-6(13(17)18)7(5)12-4-10-9(11-12)14(19)20/h1-4H,(H,15,16). The molecular formula is C9H5N5O6. The average molecular weight is 279 g/mol. The van der Waals surface area contributed by atoms with Crippen molar-refractivity contribution in [2.45, 2.75) is 0 Å². The van der Waals surface area contributed by atoms with Crippen molar-refractivity contribution in [1.29, 1.82) is 0 Å². The van der Waals surface area contributed by atoms with Gasteiger partial charge in [-0.3, -0.25) is 10.1 Å². The van der Waals surface area contributed by atoms with Gasteiger partial charge in [0, 0.05) is 11.2 Å². The van der Waals surface area contributed by atoms with Gasteiger partial charge in [-0.05, 0) is 11.0 Å². The minimum absolute atomic E-state index is 0.398. The molecule has 20 heavy (non-hydrogen) atoms. The Morgan fingerprint density at radius 3 is 2.45 bits per heavy atom. The first-order chi connectivity index (χ1) is 9.41. The van der Waals surface area contributed by atoms with Crippen LogP contribution in [0.1, 0.15) is 10.4 Å². The van der Waals surface area contributed by atoms with E-state index in [1.165, 1.54) is 6.07 Å². The summed E-state index contributed by atoms with van der Waals surface area (Å²) >= 11 is 0. The zero-order chi connectivity index (χ0) is 14.9. The van der Waals surface area contributed by atoms with E-state index in [4.69, 9.17) is 5.11 Å². The minimum atomic E-state index is -1.43. The van der Waals surface area contributed by atoms with Crippen molar-refractivity contribution < 1.29 is 19.7 Å². The molecule has 1 N–H and O–H groups in total. The van der Waals surface area contributed by atoms with Crippen LogP contribution in [0.2, 0.25) is 0 Å². The molecule has 1 aromatic heterocycles. The van der Waals surface area contributed by atoms with Crippen LogP contribution < -0.4 is 0 Å². The third-order valence-corrected chi connectivity index (χ3v) is 2.31. The van der Waals surface area contributed by atoms with Gasteiger partial charge < -0.3 is 15.2 Å². The molecule has 0 bridgehead atoms. The van der Waals surface area contributed by atoms with Crippen LogP contribution in [-0.2, 0) is 0 Å². The molecule has 0 atom stereocenters. The minimum Gasteiger partial charge on any atom is -0.478 e.